The fourth-order valence-electron chi connectivity index (χ4n) is 2.03. The number of nitrogens with one attached hydrogen (secondary N) is 1. The maximum atomic E-state index is 12.0. The molecule has 5 heteroatoms. The van der Waals surface area contributed by atoms with Crippen LogP contribution in [0.3, 0.4) is 0 Å². The predicted molar refractivity (Wildman–Crippen MR) is 79.3 cm³/mol. The molecule has 0 atom stereocenters. The van der Waals surface area contributed by atoms with E-state index < -0.39 is 5.97 Å². The number of H-pyrrole nitrogens is 1. The number of hydrogen-bond acceptors (Lipinski definition) is 3. The lowest BCUT2D eigenvalue weighted by atomic mass is 10.0. The van der Waals surface area contributed by atoms with E-state index in [1.165, 1.54) is 0 Å². The molecule has 0 amide bonds. The van der Waals surface area contributed by atoms with Gasteiger partial charge in [0, 0.05) is 15.7 Å². The molecule has 2 rings (SSSR count). The van der Waals surface area contributed by atoms with Gasteiger partial charge >= 0.3 is 5.97 Å². The number of aromatic nitrogens is 1. The maximum Gasteiger partial charge on any atom is 0.355 e. The van der Waals surface area contributed by atoms with Crippen molar-refractivity contribution in [2.24, 2.45) is 0 Å². The summed E-state index contributed by atoms with van der Waals surface area (Å²) in [5.41, 5.74) is 2.85. The second-order valence-corrected chi connectivity index (χ2v) is 5.13. The molecule has 1 heterocycles. The first-order chi connectivity index (χ1) is 9.58. The zero-order valence-electron chi connectivity index (χ0n) is 11.2. The van der Waals surface area contributed by atoms with E-state index in [0.717, 1.165) is 10.0 Å². The van der Waals surface area contributed by atoms with Crippen LogP contribution in [-0.4, -0.2) is 17.6 Å². The number of benzene rings is 1. The van der Waals surface area contributed by atoms with Crippen molar-refractivity contribution in [3.05, 3.63) is 45.7 Å². The van der Waals surface area contributed by atoms with Gasteiger partial charge in [0.1, 0.15) is 11.8 Å². The van der Waals surface area contributed by atoms with Gasteiger partial charge < -0.3 is 9.72 Å². The predicted octanol–water partition coefficient (Wildman–Crippen LogP) is 3.80. The van der Waals surface area contributed by atoms with Crippen molar-refractivity contribution >= 4 is 21.9 Å². The Hall–Kier alpha value is -2.06. The highest BCUT2D eigenvalue weighted by Crippen LogP contribution is 2.31. The van der Waals surface area contributed by atoms with Crippen LogP contribution in [0.5, 0.6) is 0 Å². The maximum absolute atomic E-state index is 12.0. The highest BCUT2D eigenvalue weighted by Gasteiger charge is 2.22. The molecule has 2 aromatic rings. The first-order valence-electron chi connectivity index (χ1n) is 6.14. The number of carbonyl (C=O) groups is 1. The fourth-order valence-corrected chi connectivity index (χ4v) is 2.29. The number of aryl methyl sites for hydroxylation is 1. The van der Waals surface area contributed by atoms with E-state index in [1.54, 1.807) is 13.8 Å². The summed E-state index contributed by atoms with van der Waals surface area (Å²) in [6.07, 6.45) is 0. The number of rotatable bonds is 3. The summed E-state index contributed by atoms with van der Waals surface area (Å²) in [6.45, 7) is 3.81. The van der Waals surface area contributed by atoms with Crippen molar-refractivity contribution < 1.29 is 9.53 Å². The largest absolute Gasteiger partial charge is 0.461 e. The van der Waals surface area contributed by atoms with Gasteiger partial charge in [0.25, 0.3) is 0 Å². The van der Waals surface area contributed by atoms with E-state index in [1.807, 2.05) is 24.3 Å². The zero-order valence-corrected chi connectivity index (χ0v) is 12.7. The van der Waals surface area contributed by atoms with Crippen molar-refractivity contribution in [3.8, 4) is 17.2 Å². The van der Waals surface area contributed by atoms with Gasteiger partial charge in [0.15, 0.2) is 0 Å². The SMILES string of the molecule is CCOC(=O)c1[nH]c(C)c(C#N)c1-c1ccc(Br)cc1. The van der Waals surface area contributed by atoms with Gasteiger partial charge in [0.2, 0.25) is 0 Å². The molecule has 0 radical (unpaired) electrons. The van der Waals surface area contributed by atoms with Crippen molar-refractivity contribution in [1.82, 2.24) is 4.98 Å². The Balaban J connectivity index is 2.63. The third-order valence-electron chi connectivity index (χ3n) is 2.91. The standard InChI is InChI=1S/C15H13BrN2O2/c1-3-20-15(19)14-13(12(8-17)9(2)18-14)10-4-6-11(16)7-5-10/h4-7,18H,3H2,1-2H3. The molecule has 0 aliphatic heterocycles. The Labute approximate surface area is 125 Å². The van der Waals surface area contributed by atoms with Crippen molar-refractivity contribution in [2.75, 3.05) is 6.61 Å². The molecule has 1 N–H and O–H groups in total. The third kappa shape index (κ3) is 2.61. The number of nitrogens with zero attached hydrogens (tertiary/aromatic N) is 1. The highest BCUT2D eigenvalue weighted by atomic mass is 79.9. The van der Waals surface area contributed by atoms with Gasteiger partial charge in [-0.2, -0.15) is 5.26 Å². The molecule has 0 bridgehead atoms. The summed E-state index contributed by atoms with van der Waals surface area (Å²) >= 11 is 3.37. The van der Waals surface area contributed by atoms with Crippen LogP contribution < -0.4 is 0 Å². The van der Waals surface area contributed by atoms with E-state index in [0.29, 0.717) is 29.1 Å². The van der Waals surface area contributed by atoms with Crippen LogP contribution in [0.1, 0.15) is 28.7 Å². The minimum atomic E-state index is -0.449. The Morgan fingerprint density at radius 2 is 2.05 bits per heavy atom. The van der Waals surface area contributed by atoms with E-state index in [-0.39, 0.29) is 0 Å². The number of halogens is 1. The second kappa shape index (κ2) is 5.93. The average molecular weight is 333 g/mol. The van der Waals surface area contributed by atoms with Crippen LogP contribution in [0.25, 0.3) is 11.1 Å². The molecule has 1 aromatic carbocycles. The minimum Gasteiger partial charge on any atom is -0.461 e. The number of nitriles is 1. The van der Waals surface area contributed by atoms with Crippen LogP contribution in [-0.2, 0) is 4.74 Å². The Bertz CT molecular complexity index is 681. The first-order valence-corrected chi connectivity index (χ1v) is 6.93. The van der Waals surface area contributed by atoms with Crippen LogP contribution in [0.2, 0.25) is 0 Å². The molecular weight excluding hydrogens is 320 g/mol. The molecule has 0 saturated heterocycles. The van der Waals surface area contributed by atoms with Crippen molar-refractivity contribution in [1.29, 1.82) is 5.26 Å². The summed E-state index contributed by atoms with van der Waals surface area (Å²) in [7, 11) is 0. The monoisotopic (exact) mass is 332 g/mol. The summed E-state index contributed by atoms with van der Waals surface area (Å²) in [5, 5.41) is 9.31. The molecule has 0 fully saturated rings. The molecule has 102 valence electrons. The molecule has 0 saturated carbocycles. The van der Waals surface area contributed by atoms with Crippen LogP contribution in [0.15, 0.2) is 28.7 Å². The number of hydrogen-bond donors (Lipinski definition) is 1. The van der Waals surface area contributed by atoms with Gasteiger partial charge in [-0.1, -0.05) is 28.1 Å². The second-order valence-electron chi connectivity index (χ2n) is 4.21. The van der Waals surface area contributed by atoms with Crippen LogP contribution >= 0.6 is 15.9 Å². The molecule has 0 spiro atoms. The van der Waals surface area contributed by atoms with Crippen molar-refractivity contribution in [3.63, 3.8) is 0 Å². The van der Waals surface area contributed by atoms with Crippen LogP contribution in [0.4, 0.5) is 0 Å². The minimum absolute atomic E-state index is 0.290. The lowest BCUT2D eigenvalue weighted by molar-refractivity contribution is 0.0521. The van der Waals surface area contributed by atoms with Gasteiger partial charge in [-0.05, 0) is 31.5 Å². The number of carbonyl (C=O) groups excluding carboxylic acids is 1. The molecule has 0 aliphatic rings. The number of esters is 1. The summed E-state index contributed by atoms with van der Waals surface area (Å²) < 4.78 is 5.97. The molecule has 0 unspecified atom stereocenters. The summed E-state index contributed by atoms with van der Waals surface area (Å²) in [5.74, 6) is -0.449. The average Bonchev–Trinajstić information content (AvgIpc) is 2.77. The normalized spacial score (nSPS) is 10.1. The number of aromatic amines is 1. The molecule has 20 heavy (non-hydrogen) atoms. The quantitative estimate of drug-likeness (QED) is 0.869. The Kier molecular flexibility index (Phi) is 4.26. The van der Waals surface area contributed by atoms with E-state index in [9.17, 15) is 10.1 Å². The summed E-state index contributed by atoms with van der Waals surface area (Å²) in [6, 6.07) is 9.60. The first kappa shape index (κ1) is 14.4. The molecule has 4 nitrogen and oxygen atoms in total. The lowest BCUT2D eigenvalue weighted by Crippen LogP contribution is -2.06. The Morgan fingerprint density at radius 1 is 1.40 bits per heavy atom. The van der Waals surface area contributed by atoms with Gasteiger partial charge in [0.05, 0.1) is 12.2 Å². The van der Waals surface area contributed by atoms with E-state index in [2.05, 4.69) is 27.0 Å². The third-order valence-corrected chi connectivity index (χ3v) is 3.44. The molecule has 1 aromatic heterocycles. The van der Waals surface area contributed by atoms with Crippen LogP contribution in [0, 0.1) is 18.3 Å². The van der Waals surface area contributed by atoms with E-state index >= 15 is 0 Å². The lowest BCUT2D eigenvalue weighted by Gasteiger charge is -2.05. The smallest absolute Gasteiger partial charge is 0.355 e. The van der Waals surface area contributed by atoms with Gasteiger partial charge in [-0.3, -0.25) is 0 Å². The van der Waals surface area contributed by atoms with E-state index in [4.69, 9.17) is 4.74 Å². The number of ether oxygens (including phenoxy) is 1. The zero-order chi connectivity index (χ0) is 14.7. The van der Waals surface area contributed by atoms with Gasteiger partial charge in [-0.15, -0.1) is 0 Å². The highest BCUT2D eigenvalue weighted by molar-refractivity contribution is 9.10. The van der Waals surface area contributed by atoms with Gasteiger partial charge in [-0.25, -0.2) is 4.79 Å². The molecule has 0 aliphatic carbocycles. The summed E-state index contributed by atoms with van der Waals surface area (Å²) in [4.78, 5) is 15.0. The van der Waals surface area contributed by atoms with Crippen molar-refractivity contribution in [2.45, 2.75) is 13.8 Å². The topological polar surface area (TPSA) is 65.9 Å². The molecular formula is C15H13BrN2O2. The Morgan fingerprint density at radius 3 is 2.60 bits per heavy atom. The fraction of sp³-hybridized carbons (Fsp3) is 0.200.